The highest BCUT2D eigenvalue weighted by Crippen LogP contribution is 2.19. The maximum Gasteiger partial charge on any atom is 0.234 e. The Morgan fingerprint density at radius 1 is 1.03 bits per heavy atom. The number of nitrogens with one attached hydrogen (secondary N) is 2. The molecule has 1 heterocycles. The van der Waals surface area contributed by atoms with Gasteiger partial charge in [-0.1, -0.05) is 17.8 Å². The quantitative estimate of drug-likeness (QED) is 0.561. The molecule has 0 aliphatic rings. The molecule has 0 aliphatic carbocycles. The van der Waals surface area contributed by atoms with Gasteiger partial charge in [0.1, 0.15) is 17.5 Å². The van der Waals surface area contributed by atoms with E-state index in [2.05, 4.69) is 20.8 Å². The first-order valence-electron chi connectivity index (χ1n) is 8.94. The molecule has 1 aromatic heterocycles. The molecule has 3 rings (SSSR count). The SMILES string of the molecule is Cc1ccc(NC(=O)CSc2nnc(CC(=O)Nc3ccc(F)cc3)n2C)c(F)c1. The van der Waals surface area contributed by atoms with Crippen molar-refractivity contribution in [3.63, 3.8) is 0 Å². The van der Waals surface area contributed by atoms with Gasteiger partial charge in [-0.2, -0.15) is 0 Å². The maximum absolute atomic E-state index is 13.8. The molecule has 0 saturated heterocycles. The van der Waals surface area contributed by atoms with Crippen LogP contribution in [0.2, 0.25) is 0 Å². The van der Waals surface area contributed by atoms with Gasteiger partial charge >= 0.3 is 0 Å². The van der Waals surface area contributed by atoms with Gasteiger partial charge in [-0.25, -0.2) is 8.78 Å². The zero-order valence-electron chi connectivity index (χ0n) is 16.3. The number of aryl methyl sites for hydroxylation is 1. The number of hydrogen-bond acceptors (Lipinski definition) is 5. The van der Waals surface area contributed by atoms with E-state index in [0.29, 0.717) is 16.7 Å². The van der Waals surface area contributed by atoms with E-state index >= 15 is 0 Å². The minimum absolute atomic E-state index is 0.00106. The number of nitrogens with zero attached hydrogens (tertiary/aromatic N) is 3. The largest absolute Gasteiger partial charge is 0.326 e. The number of amides is 2. The molecule has 0 unspecified atom stereocenters. The monoisotopic (exact) mass is 431 g/mol. The predicted octanol–water partition coefficient (Wildman–Crippen LogP) is 3.31. The summed E-state index contributed by atoms with van der Waals surface area (Å²) in [5.41, 5.74) is 1.34. The van der Waals surface area contributed by atoms with E-state index in [-0.39, 0.29) is 29.7 Å². The van der Waals surface area contributed by atoms with Crippen LogP contribution in [0.15, 0.2) is 47.6 Å². The number of carbonyl (C=O) groups excluding carboxylic acids is 2. The molecule has 0 spiro atoms. The number of anilines is 2. The van der Waals surface area contributed by atoms with E-state index in [1.165, 1.54) is 36.4 Å². The second-order valence-corrected chi connectivity index (χ2v) is 7.45. The van der Waals surface area contributed by atoms with Gasteiger partial charge in [-0.15, -0.1) is 10.2 Å². The number of aromatic nitrogens is 3. The Kier molecular flexibility index (Phi) is 6.78. The molecule has 2 N–H and O–H groups in total. The Hall–Kier alpha value is -3.27. The molecule has 3 aromatic rings. The third-order valence-electron chi connectivity index (χ3n) is 4.10. The summed E-state index contributed by atoms with van der Waals surface area (Å²) in [5.74, 6) is -1.20. The van der Waals surface area contributed by atoms with Crippen molar-refractivity contribution in [1.29, 1.82) is 0 Å². The first-order chi connectivity index (χ1) is 14.3. The molecular formula is C20H19F2N5O2S. The van der Waals surface area contributed by atoms with Gasteiger partial charge in [0.25, 0.3) is 0 Å². The molecule has 0 fully saturated rings. The summed E-state index contributed by atoms with van der Waals surface area (Å²) < 4.78 is 28.4. The lowest BCUT2D eigenvalue weighted by Crippen LogP contribution is -2.17. The lowest BCUT2D eigenvalue weighted by molar-refractivity contribution is -0.116. The number of hydrogen-bond donors (Lipinski definition) is 2. The fourth-order valence-corrected chi connectivity index (χ4v) is 3.27. The molecule has 10 heteroatoms. The van der Waals surface area contributed by atoms with Gasteiger partial charge < -0.3 is 15.2 Å². The maximum atomic E-state index is 13.8. The smallest absolute Gasteiger partial charge is 0.234 e. The Morgan fingerprint density at radius 2 is 1.77 bits per heavy atom. The Labute approximate surface area is 175 Å². The molecule has 7 nitrogen and oxygen atoms in total. The first-order valence-corrected chi connectivity index (χ1v) is 9.93. The molecule has 2 amide bonds. The number of carbonyl (C=O) groups is 2. The molecule has 156 valence electrons. The van der Waals surface area contributed by atoms with Crippen LogP contribution in [-0.4, -0.2) is 32.3 Å². The molecule has 0 radical (unpaired) electrons. The standard InChI is InChI=1S/C20H19F2N5O2S/c1-12-3-8-16(15(22)9-12)24-19(29)11-30-20-26-25-17(27(20)2)10-18(28)23-14-6-4-13(21)5-7-14/h3-9H,10-11H2,1-2H3,(H,23,28)(H,24,29). The van der Waals surface area contributed by atoms with Gasteiger partial charge in [0, 0.05) is 12.7 Å². The summed E-state index contributed by atoms with van der Waals surface area (Å²) in [6.07, 6.45) is -0.0395. The minimum atomic E-state index is -0.499. The van der Waals surface area contributed by atoms with Crippen LogP contribution >= 0.6 is 11.8 Å². The van der Waals surface area contributed by atoms with Crippen LogP contribution in [0.4, 0.5) is 20.2 Å². The average Bonchev–Trinajstić information content (AvgIpc) is 3.04. The van der Waals surface area contributed by atoms with Gasteiger partial charge in [0.2, 0.25) is 11.8 Å². The van der Waals surface area contributed by atoms with Crippen LogP contribution in [-0.2, 0) is 23.1 Å². The van der Waals surface area contributed by atoms with Gasteiger partial charge in [-0.05, 0) is 48.9 Å². The third-order valence-corrected chi connectivity index (χ3v) is 5.12. The van der Waals surface area contributed by atoms with Crippen molar-refractivity contribution in [1.82, 2.24) is 14.8 Å². The lowest BCUT2D eigenvalue weighted by Gasteiger charge is -2.07. The number of halogens is 2. The average molecular weight is 431 g/mol. The van der Waals surface area contributed by atoms with Crippen molar-refractivity contribution in [2.75, 3.05) is 16.4 Å². The fourth-order valence-electron chi connectivity index (χ4n) is 2.54. The molecule has 2 aromatic carbocycles. The minimum Gasteiger partial charge on any atom is -0.326 e. The van der Waals surface area contributed by atoms with Gasteiger partial charge in [-0.3, -0.25) is 9.59 Å². The second kappa shape index (κ2) is 9.49. The Bertz CT molecular complexity index is 1070. The van der Waals surface area contributed by atoms with Crippen molar-refractivity contribution in [2.24, 2.45) is 7.05 Å². The first kappa shape index (κ1) is 21.4. The van der Waals surface area contributed by atoms with E-state index in [1.807, 2.05) is 0 Å². The summed E-state index contributed by atoms with van der Waals surface area (Å²) in [5, 5.41) is 13.6. The van der Waals surface area contributed by atoms with Crippen molar-refractivity contribution in [3.05, 3.63) is 65.5 Å². The highest BCUT2D eigenvalue weighted by Gasteiger charge is 2.15. The van der Waals surface area contributed by atoms with Crippen LogP contribution in [0.3, 0.4) is 0 Å². The van der Waals surface area contributed by atoms with Crippen LogP contribution in [0.25, 0.3) is 0 Å². The van der Waals surface area contributed by atoms with Crippen LogP contribution < -0.4 is 10.6 Å². The summed E-state index contributed by atoms with van der Waals surface area (Å²) in [7, 11) is 1.68. The van der Waals surface area contributed by atoms with Crippen molar-refractivity contribution >= 4 is 35.0 Å². The molecule has 30 heavy (non-hydrogen) atoms. The lowest BCUT2D eigenvalue weighted by atomic mass is 10.2. The predicted molar refractivity (Wildman–Crippen MR) is 110 cm³/mol. The topological polar surface area (TPSA) is 88.9 Å². The van der Waals surface area contributed by atoms with Crippen molar-refractivity contribution in [2.45, 2.75) is 18.5 Å². The number of benzene rings is 2. The van der Waals surface area contributed by atoms with Crippen LogP contribution in [0.5, 0.6) is 0 Å². The van der Waals surface area contributed by atoms with Crippen LogP contribution in [0.1, 0.15) is 11.4 Å². The van der Waals surface area contributed by atoms with E-state index in [1.54, 1.807) is 24.6 Å². The molecule has 0 atom stereocenters. The highest BCUT2D eigenvalue weighted by molar-refractivity contribution is 7.99. The van der Waals surface area contributed by atoms with Crippen LogP contribution in [0, 0.1) is 18.6 Å². The second-order valence-electron chi connectivity index (χ2n) is 6.51. The summed E-state index contributed by atoms with van der Waals surface area (Å²) >= 11 is 1.12. The zero-order chi connectivity index (χ0) is 21.7. The van der Waals surface area contributed by atoms with Gasteiger partial charge in [0.05, 0.1) is 17.9 Å². The molecular weight excluding hydrogens is 412 g/mol. The van der Waals surface area contributed by atoms with E-state index in [9.17, 15) is 18.4 Å². The number of rotatable bonds is 7. The van der Waals surface area contributed by atoms with Crippen molar-refractivity contribution in [3.8, 4) is 0 Å². The Balaban J connectivity index is 1.53. The van der Waals surface area contributed by atoms with E-state index in [4.69, 9.17) is 0 Å². The molecule has 0 saturated carbocycles. The van der Waals surface area contributed by atoms with E-state index < -0.39 is 11.6 Å². The summed E-state index contributed by atoms with van der Waals surface area (Å²) in [6, 6.07) is 9.97. The van der Waals surface area contributed by atoms with E-state index in [0.717, 1.165) is 17.3 Å². The normalized spacial score (nSPS) is 10.7. The fraction of sp³-hybridized carbons (Fsp3) is 0.200. The summed E-state index contributed by atoms with van der Waals surface area (Å²) in [6.45, 7) is 1.76. The van der Waals surface area contributed by atoms with Crippen molar-refractivity contribution < 1.29 is 18.4 Å². The third kappa shape index (κ3) is 5.63. The molecule has 0 bridgehead atoms. The number of thioether (sulfide) groups is 1. The van der Waals surface area contributed by atoms with Gasteiger partial charge in [0.15, 0.2) is 5.16 Å². The zero-order valence-corrected chi connectivity index (χ0v) is 17.1. The molecule has 0 aliphatic heterocycles. The Morgan fingerprint density at radius 3 is 2.47 bits per heavy atom. The highest BCUT2D eigenvalue weighted by atomic mass is 32.2. The summed E-state index contributed by atoms with van der Waals surface area (Å²) in [4.78, 5) is 24.3.